The van der Waals surface area contributed by atoms with Gasteiger partial charge >= 0.3 is 5.97 Å². The van der Waals surface area contributed by atoms with Crippen LogP contribution in [0.5, 0.6) is 0 Å². The molecule has 0 unspecified atom stereocenters. The van der Waals surface area contributed by atoms with Gasteiger partial charge in [-0.3, -0.25) is 19.3 Å². The summed E-state index contributed by atoms with van der Waals surface area (Å²) < 4.78 is 0. The first-order chi connectivity index (χ1) is 9.59. The summed E-state index contributed by atoms with van der Waals surface area (Å²) >= 11 is 0. The van der Waals surface area contributed by atoms with Gasteiger partial charge in [-0.2, -0.15) is 0 Å². The monoisotopic (exact) mass is 277 g/mol. The van der Waals surface area contributed by atoms with Gasteiger partial charge in [0.05, 0.1) is 11.8 Å². The molecule has 2 aliphatic carbocycles. The minimum Gasteiger partial charge on any atom is -0.481 e. The maximum atomic E-state index is 12.3. The van der Waals surface area contributed by atoms with E-state index in [2.05, 4.69) is 12.2 Å². The molecule has 1 saturated heterocycles. The number of aliphatic carboxylic acids is 1. The Morgan fingerprint density at radius 2 is 1.70 bits per heavy atom. The molecule has 2 fully saturated rings. The number of allylic oxidation sites excluding steroid dienone is 2. The van der Waals surface area contributed by atoms with E-state index >= 15 is 0 Å². The van der Waals surface area contributed by atoms with Crippen LogP contribution in [0.15, 0.2) is 12.2 Å². The number of rotatable bonds is 6. The molecule has 5 heteroatoms. The number of carboxylic acids is 1. The van der Waals surface area contributed by atoms with Gasteiger partial charge in [0.2, 0.25) is 11.8 Å². The zero-order chi connectivity index (χ0) is 14.3. The van der Waals surface area contributed by atoms with E-state index in [0.717, 1.165) is 12.8 Å². The molecule has 1 heterocycles. The molecule has 2 amide bonds. The van der Waals surface area contributed by atoms with E-state index in [1.54, 1.807) is 0 Å². The molecule has 20 heavy (non-hydrogen) atoms. The summed E-state index contributed by atoms with van der Waals surface area (Å²) in [5.74, 6) is -0.509. The molecule has 108 valence electrons. The van der Waals surface area contributed by atoms with Gasteiger partial charge in [0.1, 0.15) is 0 Å². The van der Waals surface area contributed by atoms with E-state index in [1.165, 1.54) is 4.90 Å². The summed E-state index contributed by atoms with van der Waals surface area (Å²) in [5, 5.41) is 8.56. The van der Waals surface area contributed by atoms with Crippen molar-refractivity contribution in [1.82, 2.24) is 4.90 Å². The second-order valence-corrected chi connectivity index (χ2v) is 6.03. The number of imide groups is 1. The highest BCUT2D eigenvalue weighted by Crippen LogP contribution is 2.52. The Kier molecular flexibility index (Phi) is 3.36. The van der Waals surface area contributed by atoms with Crippen molar-refractivity contribution >= 4 is 17.8 Å². The van der Waals surface area contributed by atoms with Gasteiger partial charge in [-0.05, 0) is 31.1 Å². The quantitative estimate of drug-likeness (QED) is 0.453. The number of nitrogens with zero attached hydrogens (tertiary/aromatic N) is 1. The van der Waals surface area contributed by atoms with Crippen LogP contribution in [0.1, 0.15) is 32.1 Å². The SMILES string of the molecule is O=C(O)CCCCCN1C(=O)[C@@H]2[C@@H](C1=O)[C@H]1C=C[C@@H]2C1. The molecule has 1 aliphatic heterocycles. The topological polar surface area (TPSA) is 74.7 Å². The maximum Gasteiger partial charge on any atom is 0.303 e. The van der Waals surface area contributed by atoms with Gasteiger partial charge in [-0.25, -0.2) is 0 Å². The van der Waals surface area contributed by atoms with Crippen LogP contribution in [-0.4, -0.2) is 34.3 Å². The lowest BCUT2D eigenvalue weighted by atomic mass is 9.85. The van der Waals surface area contributed by atoms with Crippen LogP contribution in [-0.2, 0) is 14.4 Å². The minimum absolute atomic E-state index is 0.00455. The largest absolute Gasteiger partial charge is 0.481 e. The van der Waals surface area contributed by atoms with Crippen molar-refractivity contribution in [2.24, 2.45) is 23.7 Å². The summed E-state index contributed by atoms with van der Waals surface area (Å²) in [4.78, 5) is 36.5. The molecule has 3 rings (SSSR count). The lowest BCUT2D eigenvalue weighted by molar-refractivity contribution is -0.141. The number of hydrogen-bond donors (Lipinski definition) is 1. The fourth-order valence-corrected chi connectivity index (χ4v) is 3.91. The van der Waals surface area contributed by atoms with Gasteiger partial charge in [0.15, 0.2) is 0 Å². The van der Waals surface area contributed by atoms with Gasteiger partial charge in [0.25, 0.3) is 0 Å². The van der Waals surface area contributed by atoms with Crippen molar-refractivity contribution < 1.29 is 19.5 Å². The van der Waals surface area contributed by atoms with Crippen LogP contribution in [0.3, 0.4) is 0 Å². The van der Waals surface area contributed by atoms with E-state index in [-0.39, 0.29) is 41.9 Å². The molecule has 0 aromatic rings. The smallest absolute Gasteiger partial charge is 0.303 e. The van der Waals surface area contributed by atoms with E-state index < -0.39 is 5.97 Å². The normalized spacial score (nSPS) is 34.1. The van der Waals surface area contributed by atoms with Gasteiger partial charge < -0.3 is 5.11 Å². The summed E-state index contributed by atoms with van der Waals surface area (Å²) in [6.07, 6.45) is 7.34. The molecule has 0 aromatic carbocycles. The van der Waals surface area contributed by atoms with Crippen molar-refractivity contribution in [2.75, 3.05) is 6.54 Å². The molecule has 1 saturated carbocycles. The fraction of sp³-hybridized carbons (Fsp3) is 0.667. The summed E-state index contributed by atoms with van der Waals surface area (Å²) in [6.45, 7) is 0.448. The van der Waals surface area contributed by atoms with Gasteiger partial charge in [-0.1, -0.05) is 18.6 Å². The Morgan fingerprint density at radius 3 is 2.25 bits per heavy atom. The highest BCUT2D eigenvalue weighted by atomic mass is 16.4. The Morgan fingerprint density at radius 1 is 1.10 bits per heavy atom. The van der Waals surface area contributed by atoms with E-state index in [4.69, 9.17) is 5.11 Å². The molecule has 0 radical (unpaired) electrons. The third-order valence-electron chi connectivity index (χ3n) is 4.83. The number of hydrogen-bond acceptors (Lipinski definition) is 3. The highest BCUT2D eigenvalue weighted by Gasteiger charge is 2.58. The average Bonchev–Trinajstić information content (AvgIpc) is 3.06. The molecule has 1 N–H and O–H groups in total. The molecule has 3 aliphatic rings. The van der Waals surface area contributed by atoms with E-state index in [9.17, 15) is 14.4 Å². The Balaban J connectivity index is 1.53. The molecule has 4 atom stereocenters. The number of carbonyl (C=O) groups excluding carboxylic acids is 2. The molecular weight excluding hydrogens is 258 g/mol. The lowest BCUT2D eigenvalue weighted by Gasteiger charge is -2.16. The van der Waals surface area contributed by atoms with Crippen LogP contribution in [0, 0.1) is 23.7 Å². The fourth-order valence-electron chi connectivity index (χ4n) is 3.91. The van der Waals surface area contributed by atoms with E-state index in [0.29, 0.717) is 19.4 Å². The first kappa shape index (κ1) is 13.3. The average molecular weight is 277 g/mol. The Labute approximate surface area is 117 Å². The van der Waals surface area contributed by atoms with Crippen molar-refractivity contribution in [1.29, 1.82) is 0 Å². The van der Waals surface area contributed by atoms with Crippen molar-refractivity contribution in [3.8, 4) is 0 Å². The molecule has 0 aromatic heterocycles. The van der Waals surface area contributed by atoms with E-state index in [1.807, 2.05) is 0 Å². The predicted octanol–water partition coefficient (Wildman–Crippen LogP) is 1.44. The number of carbonyl (C=O) groups is 3. The van der Waals surface area contributed by atoms with Gasteiger partial charge in [0, 0.05) is 13.0 Å². The number of unbranched alkanes of at least 4 members (excludes halogenated alkanes) is 2. The standard InChI is InChI=1S/C15H19NO4/c17-11(18)4-2-1-3-7-16-14(19)12-9-5-6-10(8-9)13(12)15(16)20/h5-6,9-10,12-13H,1-4,7-8H2,(H,17,18)/t9-,10+,12-,13-/m0/s1. The Hall–Kier alpha value is -1.65. The zero-order valence-corrected chi connectivity index (χ0v) is 11.3. The van der Waals surface area contributed by atoms with Crippen LogP contribution in [0.25, 0.3) is 0 Å². The van der Waals surface area contributed by atoms with Crippen molar-refractivity contribution in [2.45, 2.75) is 32.1 Å². The second-order valence-electron chi connectivity index (χ2n) is 6.03. The van der Waals surface area contributed by atoms with Crippen molar-refractivity contribution in [3.63, 3.8) is 0 Å². The second kappa shape index (κ2) is 5.04. The van der Waals surface area contributed by atoms with Crippen LogP contribution in [0.2, 0.25) is 0 Å². The summed E-state index contributed by atoms with van der Waals surface area (Å²) in [5.41, 5.74) is 0. The van der Waals surface area contributed by atoms with Crippen LogP contribution < -0.4 is 0 Å². The van der Waals surface area contributed by atoms with Crippen molar-refractivity contribution in [3.05, 3.63) is 12.2 Å². The third-order valence-corrected chi connectivity index (χ3v) is 4.83. The predicted molar refractivity (Wildman–Crippen MR) is 70.5 cm³/mol. The maximum absolute atomic E-state index is 12.3. The highest BCUT2D eigenvalue weighted by molar-refractivity contribution is 6.06. The zero-order valence-electron chi connectivity index (χ0n) is 11.3. The lowest BCUT2D eigenvalue weighted by Crippen LogP contribution is -2.33. The molecular formula is C15H19NO4. The first-order valence-corrected chi connectivity index (χ1v) is 7.35. The Bertz CT molecular complexity index is 454. The van der Waals surface area contributed by atoms with Crippen LogP contribution in [0.4, 0.5) is 0 Å². The van der Waals surface area contributed by atoms with Gasteiger partial charge in [-0.15, -0.1) is 0 Å². The first-order valence-electron chi connectivity index (χ1n) is 7.35. The number of carboxylic acid groups (broad SMARTS) is 1. The molecule has 5 nitrogen and oxygen atoms in total. The third kappa shape index (κ3) is 2.05. The molecule has 2 bridgehead atoms. The molecule has 0 spiro atoms. The summed E-state index contributed by atoms with van der Waals surface area (Å²) in [6, 6.07) is 0. The number of likely N-dealkylation sites (tertiary alicyclic amines) is 1. The van der Waals surface area contributed by atoms with Crippen LogP contribution >= 0.6 is 0 Å². The number of amides is 2. The number of fused-ring (bicyclic) bond motifs is 5. The minimum atomic E-state index is -0.796. The summed E-state index contributed by atoms with van der Waals surface area (Å²) in [7, 11) is 0.